The first-order chi connectivity index (χ1) is 16.3. The number of aliphatic hydroxyl groups is 1. The second-order valence-corrected chi connectivity index (χ2v) is 8.71. The van der Waals surface area contributed by atoms with E-state index >= 15 is 0 Å². The molecule has 2 aromatic carbocycles. The van der Waals surface area contributed by atoms with Crippen LogP contribution in [0.5, 0.6) is 5.75 Å². The summed E-state index contributed by atoms with van der Waals surface area (Å²) < 4.78 is 26.0. The third-order valence-electron chi connectivity index (χ3n) is 5.67. The maximum absolute atomic E-state index is 14.9. The molecule has 2 heterocycles. The van der Waals surface area contributed by atoms with Crippen LogP contribution < -0.4 is 4.74 Å². The lowest BCUT2D eigenvalue weighted by molar-refractivity contribution is -0.140. The van der Waals surface area contributed by atoms with Crippen molar-refractivity contribution in [2.45, 2.75) is 33.4 Å². The summed E-state index contributed by atoms with van der Waals surface area (Å²) >= 11 is 0. The van der Waals surface area contributed by atoms with Crippen LogP contribution in [0.3, 0.4) is 0 Å². The molecule has 34 heavy (non-hydrogen) atoms. The fraction of sp³-hybridized carbons (Fsp3) is 0.259. The average molecular weight is 464 g/mol. The molecule has 4 rings (SSSR count). The number of carbonyl (C=O) groups excluding carboxylic acids is 2. The first kappa shape index (κ1) is 23.3. The Balaban J connectivity index is 1.80. The van der Waals surface area contributed by atoms with Crippen molar-refractivity contribution < 1.29 is 28.2 Å². The number of aliphatic hydroxyl groups excluding tert-OH is 1. The Morgan fingerprint density at radius 3 is 2.56 bits per heavy atom. The Hall–Kier alpha value is -3.87. The van der Waals surface area contributed by atoms with Gasteiger partial charge < -0.3 is 19.2 Å². The summed E-state index contributed by atoms with van der Waals surface area (Å²) in [5, 5.41) is 11.2. The molecule has 7 heteroatoms. The van der Waals surface area contributed by atoms with E-state index in [0.29, 0.717) is 29.6 Å². The van der Waals surface area contributed by atoms with Crippen LogP contribution in [0, 0.1) is 18.7 Å². The van der Waals surface area contributed by atoms with Gasteiger partial charge in [-0.25, -0.2) is 4.39 Å². The molecule has 0 saturated carbocycles. The molecule has 1 atom stereocenters. The van der Waals surface area contributed by atoms with Gasteiger partial charge >= 0.3 is 0 Å². The van der Waals surface area contributed by atoms with Gasteiger partial charge in [0, 0.05) is 11.1 Å². The number of likely N-dealkylation sites (tertiary alicyclic amines) is 1. The van der Waals surface area contributed by atoms with Crippen LogP contribution in [0.4, 0.5) is 4.39 Å². The Morgan fingerprint density at radius 2 is 1.91 bits per heavy atom. The van der Waals surface area contributed by atoms with Crippen molar-refractivity contribution >= 4 is 17.4 Å². The lowest BCUT2D eigenvalue weighted by Crippen LogP contribution is -2.29. The lowest BCUT2D eigenvalue weighted by atomic mass is 9.94. The number of ether oxygens (including phenoxy) is 1. The number of Topliss-reactive ketones (excluding diaryl/α,β-unsaturated/α-hetero) is 1. The van der Waals surface area contributed by atoms with Crippen LogP contribution in [0.1, 0.15) is 42.3 Å². The van der Waals surface area contributed by atoms with Gasteiger partial charge in [0.1, 0.15) is 23.1 Å². The zero-order chi connectivity index (χ0) is 24.4. The highest BCUT2D eigenvalue weighted by atomic mass is 19.1. The van der Waals surface area contributed by atoms with E-state index in [1.807, 2.05) is 20.8 Å². The average Bonchev–Trinajstić information content (AvgIpc) is 3.40. The molecule has 0 spiro atoms. The minimum absolute atomic E-state index is 0.0473. The van der Waals surface area contributed by atoms with Crippen LogP contribution in [0.25, 0.3) is 5.76 Å². The fourth-order valence-corrected chi connectivity index (χ4v) is 4.00. The zero-order valence-electron chi connectivity index (χ0n) is 19.2. The molecule has 6 nitrogen and oxygen atoms in total. The van der Waals surface area contributed by atoms with Crippen molar-refractivity contribution in [2.24, 2.45) is 5.92 Å². The van der Waals surface area contributed by atoms with Crippen molar-refractivity contribution in [1.82, 2.24) is 4.90 Å². The molecule has 1 saturated heterocycles. The normalized spacial score (nSPS) is 17.6. The van der Waals surface area contributed by atoms with Crippen molar-refractivity contribution in [1.29, 1.82) is 0 Å². The minimum Gasteiger partial charge on any atom is -0.507 e. The van der Waals surface area contributed by atoms with Crippen molar-refractivity contribution in [3.8, 4) is 5.75 Å². The van der Waals surface area contributed by atoms with E-state index in [9.17, 15) is 19.1 Å². The summed E-state index contributed by atoms with van der Waals surface area (Å²) in [5.74, 6) is -1.22. The predicted molar refractivity (Wildman–Crippen MR) is 124 cm³/mol. The standard InChI is InChI=1S/C27H26FNO5/c1-16(2)15-34-22-11-10-18(13-17(22)3)25(30)23-24(20-8-4-5-9-21(20)28)29(27(32)26(23)31)14-19-7-6-12-33-19/h4-13,16,24,30H,14-15H2,1-3H3/b25-23+. The molecule has 1 amide bonds. The molecule has 0 aliphatic carbocycles. The van der Waals surface area contributed by atoms with Gasteiger partial charge in [-0.3, -0.25) is 9.59 Å². The molecule has 1 unspecified atom stereocenters. The van der Waals surface area contributed by atoms with Crippen LogP contribution in [0.2, 0.25) is 0 Å². The fourth-order valence-electron chi connectivity index (χ4n) is 4.00. The molecule has 3 aromatic rings. The van der Waals surface area contributed by atoms with Crippen LogP contribution in [-0.2, 0) is 16.1 Å². The minimum atomic E-state index is -1.11. The second-order valence-electron chi connectivity index (χ2n) is 8.71. The monoisotopic (exact) mass is 463 g/mol. The molecule has 1 fully saturated rings. The zero-order valence-corrected chi connectivity index (χ0v) is 19.2. The largest absolute Gasteiger partial charge is 0.507 e. The summed E-state index contributed by atoms with van der Waals surface area (Å²) in [6, 6.07) is 13.1. The number of aryl methyl sites for hydroxylation is 1. The van der Waals surface area contributed by atoms with Crippen LogP contribution in [0.15, 0.2) is 70.9 Å². The number of furan rings is 1. The summed E-state index contributed by atoms with van der Waals surface area (Å²) in [6.45, 7) is 6.40. The van der Waals surface area contributed by atoms with Gasteiger partial charge in [0.25, 0.3) is 11.7 Å². The van der Waals surface area contributed by atoms with Gasteiger partial charge in [0.15, 0.2) is 0 Å². The van der Waals surface area contributed by atoms with Gasteiger partial charge in [-0.15, -0.1) is 0 Å². The lowest BCUT2D eigenvalue weighted by Gasteiger charge is -2.25. The van der Waals surface area contributed by atoms with E-state index in [1.54, 1.807) is 36.4 Å². The first-order valence-electron chi connectivity index (χ1n) is 11.1. The van der Waals surface area contributed by atoms with Gasteiger partial charge in [0.05, 0.1) is 31.0 Å². The Kier molecular flexibility index (Phi) is 6.54. The smallest absolute Gasteiger partial charge is 0.296 e. The second kappa shape index (κ2) is 9.55. The summed E-state index contributed by atoms with van der Waals surface area (Å²) in [6.07, 6.45) is 1.45. The van der Waals surface area contributed by atoms with E-state index in [4.69, 9.17) is 9.15 Å². The van der Waals surface area contributed by atoms with Gasteiger partial charge in [0.2, 0.25) is 0 Å². The summed E-state index contributed by atoms with van der Waals surface area (Å²) in [4.78, 5) is 27.3. The molecule has 0 bridgehead atoms. The Morgan fingerprint density at radius 1 is 1.15 bits per heavy atom. The van der Waals surface area contributed by atoms with E-state index in [1.165, 1.54) is 29.4 Å². The number of carbonyl (C=O) groups is 2. The van der Waals surface area contributed by atoms with Crippen LogP contribution in [-0.4, -0.2) is 28.3 Å². The topological polar surface area (TPSA) is 80.0 Å². The van der Waals surface area contributed by atoms with Crippen molar-refractivity contribution in [3.05, 3.63) is 94.7 Å². The highest BCUT2D eigenvalue weighted by Crippen LogP contribution is 2.41. The quantitative estimate of drug-likeness (QED) is 0.289. The highest BCUT2D eigenvalue weighted by molar-refractivity contribution is 6.46. The molecule has 1 aliphatic heterocycles. The number of hydrogen-bond donors (Lipinski definition) is 1. The molecule has 176 valence electrons. The predicted octanol–water partition coefficient (Wildman–Crippen LogP) is 5.38. The van der Waals surface area contributed by atoms with Crippen LogP contribution >= 0.6 is 0 Å². The van der Waals surface area contributed by atoms with E-state index in [-0.39, 0.29) is 23.4 Å². The van der Waals surface area contributed by atoms with Crippen molar-refractivity contribution in [3.63, 3.8) is 0 Å². The SMILES string of the molecule is Cc1cc(/C(O)=C2\C(=O)C(=O)N(Cc3ccco3)C2c2ccccc2F)ccc1OCC(C)C. The third kappa shape index (κ3) is 4.46. The number of halogens is 1. The van der Waals surface area contributed by atoms with E-state index in [2.05, 4.69) is 0 Å². The molecule has 1 aliphatic rings. The molecular formula is C27H26FNO5. The number of ketones is 1. The van der Waals surface area contributed by atoms with E-state index in [0.717, 1.165) is 5.56 Å². The number of rotatable bonds is 7. The number of benzene rings is 2. The van der Waals surface area contributed by atoms with Gasteiger partial charge in [-0.05, 0) is 54.8 Å². The Labute approximate surface area is 197 Å². The molecule has 0 radical (unpaired) electrons. The molecular weight excluding hydrogens is 437 g/mol. The maximum Gasteiger partial charge on any atom is 0.296 e. The van der Waals surface area contributed by atoms with Crippen molar-refractivity contribution in [2.75, 3.05) is 6.61 Å². The molecule has 1 aromatic heterocycles. The number of amides is 1. The summed E-state index contributed by atoms with van der Waals surface area (Å²) in [7, 11) is 0. The Bertz CT molecular complexity index is 1250. The summed E-state index contributed by atoms with van der Waals surface area (Å²) in [5.41, 5.74) is 1.05. The van der Waals surface area contributed by atoms with Gasteiger partial charge in [-0.1, -0.05) is 32.0 Å². The molecule has 1 N–H and O–H groups in total. The highest BCUT2D eigenvalue weighted by Gasteiger charge is 2.47. The third-order valence-corrected chi connectivity index (χ3v) is 5.67. The maximum atomic E-state index is 14.9. The number of nitrogens with zero attached hydrogens (tertiary/aromatic N) is 1. The van der Waals surface area contributed by atoms with E-state index < -0.39 is 23.5 Å². The van der Waals surface area contributed by atoms with Gasteiger partial charge in [-0.2, -0.15) is 0 Å². The first-order valence-corrected chi connectivity index (χ1v) is 11.1. The number of hydrogen-bond acceptors (Lipinski definition) is 5.